The number of rotatable bonds is 2. The van der Waals surface area contributed by atoms with Crippen LogP contribution in [0.3, 0.4) is 0 Å². The monoisotopic (exact) mass is 284 g/mol. The molecule has 1 aromatic heterocycles. The highest BCUT2D eigenvalue weighted by Crippen LogP contribution is 2.22. The Balaban J connectivity index is 2.18. The Labute approximate surface area is 120 Å². The summed E-state index contributed by atoms with van der Waals surface area (Å²) in [5.41, 5.74) is 2.82. The highest BCUT2D eigenvalue weighted by atomic mass is 19.1. The van der Waals surface area contributed by atoms with Gasteiger partial charge in [-0.2, -0.15) is 0 Å². The lowest BCUT2D eigenvalue weighted by atomic mass is 10.2. The molecule has 0 aliphatic heterocycles. The first-order chi connectivity index (χ1) is 10.1. The van der Waals surface area contributed by atoms with E-state index in [0.29, 0.717) is 11.1 Å². The second-order valence-electron chi connectivity index (χ2n) is 4.67. The number of esters is 1. The zero-order valence-electron chi connectivity index (χ0n) is 11.6. The van der Waals surface area contributed by atoms with Crippen LogP contribution in [-0.4, -0.2) is 22.6 Å². The van der Waals surface area contributed by atoms with E-state index in [2.05, 4.69) is 4.98 Å². The van der Waals surface area contributed by atoms with Crippen molar-refractivity contribution in [1.29, 1.82) is 0 Å². The fourth-order valence-corrected chi connectivity index (χ4v) is 2.36. The minimum Gasteiger partial charge on any atom is -0.465 e. The minimum absolute atomic E-state index is 0.284. The van der Waals surface area contributed by atoms with E-state index < -0.39 is 5.97 Å². The third-order valence-electron chi connectivity index (χ3n) is 3.33. The summed E-state index contributed by atoms with van der Waals surface area (Å²) in [5.74, 6) is 0.0818. The van der Waals surface area contributed by atoms with Crippen molar-refractivity contribution < 1.29 is 13.9 Å². The van der Waals surface area contributed by atoms with Gasteiger partial charge in [0, 0.05) is 5.69 Å². The molecule has 0 fully saturated rings. The van der Waals surface area contributed by atoms with Gasteiger partial charge in [0.25, 0.3) is 0 Å². The van der Waals surface area contributed by atoms with Crippen LogP contribution < -0.4 is 0 Å². The van der Waals surface area contributed by atoms with Gasteiger partial charge in [0.15, 0.2) is 0 Å². The predicted octanol–water partition coefficient (Wildman–Crippen LogP) is 3.26. The number of halogens is 1. The molecule has 0 amide bonds. The second kappa shape index (κ2) is 5.01. The van der Waals surface area contributed by atoms with Crippen LogP contribution in [0.4, 0.5) is 4.39 Å². The van der Waals surface area contributed by atoms with E-state index in [9.17, 15) is 9.18 Å². The summed E-state index contributed by atoms with van der Waals surface area (Å²) in [4.78, 5) is 16.0. The fraction of sp³-hybridized carbons (Fsp3) is 0.125. The number of nitrogens with zero attached hydrogens (tertiary/aromatic N) is 2. The minimum atomic E-state index is -0.397. The van der Waals surface area contributed by atoms with E-state index in [0.717, 1.165) is 17.0 Å². The van der Waals surface area contributed by atoms with Crippen molar-refractivity contribution in [3.05, 3.63) is 59.7 Å². The third-order valence-corrected chi connectivity index (χ3v) is 3.33. The van der Waals surface area contributed by atoms with Gasteiger partial charge >= 0.3 is 5.97 Å². The van der Waals surface area contributed by atoms with E-state index in [-0.39, 0.29) is 5.82 Å². The van der Waals surface area contributed by atoms with E-state index in [1.807, 2.05) is 17.6 Å². The van der Waals surface area contributed by atoms with Gasteiger partial charge in [0.1, 0.15) is 11.6 Å². The van der Waals surface area contributed by atoms with Crippen molar-refractivity contribution in [2.75, 3.05) is 7.11 Å². The Morgan fingerprint density at radius 1 is 1.19 bits per heavy atom. The summed E-state index contributed by atoms with van der Waals surface area (Å²) in [6.07, 6.45) is 0. The third kappa shape index (κ3) is 2.27. The lowest BCUT2D eigenvalue weighted by molar-refractivity contribution is 0.0601. The van der Waals surface area contributed by atoms with E-state index in [1.165, 1.54) is 19.2 Å². The first kappa shape index (κ1) is 13.3. The van der Waals surface area contributed by atoms with Gasteiger partial charge in [-0.3, -0.25) is 4.57 Å². The summed E-state index contributed by atoms with van der Waals surface area (Å²) in [6, 6.07) is 11.4. The number of hydrogen-bond donors (Lipinski definition) is 0. The molecule has 0 radical (unpaired) electrons. The maximum atomic E-state index is 13.0. The lowest BCUT2D eigenvalue weighted by Gasteiger charge is -2.07. The molecule has 0 N–H and O–H groups in total. The van der Waals surface area contributed by atoms with Crippen LogP contribution in [-0.2, 0) is 4.74 Å². The Bertz CT molecular complexity index is 822. The van der Waals surface area contributed by atoms with Crippen molar-refractivity contribution in [3.8, 4) is 5.69 Å². The van der Waals surface area contributed by atoms with Crippen LogP contribution in [0.25, 0.3) is 16.7 Å². The van der Waals surface area contributed by atoms with Crippen LogP contribution in [0.5, 0.6) is 0 Å². The van der Waals surface area contributed by atoms with Crippen LogP contribution in [0.1, 0.15) is 16.2 Å². The predicted molar refractivity (Wildman–Crippen MR) is 77.1 cm³/mol. The first-order valence-corrected chi connectivity index (χ1v) is 6.43. The van der Waals surface area contributed by atoms with E-state index in [1.54, 1.807) is 24.3 Å². The van der Waals surface area contributed by atoms with Crippen LogP contribution in [0.15, 0.2) is 42.5 Å². The van der Waals surface area contributed by atoms with Crippen molar-refractivity contribution in [3.63, 3.8) is 0 Å². The molecule has 3 rings (SSSR count). The molecule has 106 valence electrons. The average Bonchev–Trinajstić information content (AvgIpc) is 2.82. The SMILES string of the molecule is COC(=O)c1ccc2c(c1)nc(C)n2-c1ccc(F)cc1. The molecule has 2 aromatic carbocycles. The van der Waals surface area contributed by atoms with Crippen LogP contribution in [0, 0.1) is 12.7 Å². The van der Waals surface area contributed by atoms with Gasteiger partial charge in [-0.05, 0) is 49.4 Å². The number of aryl methyl sites for hydroxylation is 1. The molecule has 5 heteroatoms. The molecule has 1 heterocycles. The number of hydrogen-bond acceptors (Lipinski definition) is 3. The molecule has 0 saturated carbocycles. The largest absolute Gasteiger partial charge is 0.465 e. The van der Waals surface area contributed by atoms with E-state index >= 15 is 0 Å². The topological polar surface area (TPSA) is 44.1 Å². The first-order valence-electron chi connectivity index (χ1n) is 6.43. The molecule has 0 bridgehead atoms. The van der Waals surface area contributed by atoms with Crippen molar-refractivity contribution in [2.45, 2.75) is 6.92 Å². The maximum absolute atomic E-state index is 13.0. The van der Waals surface area contributed by atoms with Gasteiger partial charge < -0.3 is 4.74 Å². The molecule has 0 spiro atoms. The number of benzene rings is 2. The summed E-state index contributed by atoms with van der Waals surface area (Å²) in [7, 11) is 1.34. The summed E-state index contributed by atoms with van der Waals surface area (Å²) in [5, 5.41) is 0. The Hall–Kier alpha value is -2.69. The van der Waals surface area contributed by atoms with Gasteiger partial charge in [0.2, 0.25) is 0 Å². The number of methoxy groups -OCH3 is 1. The van der Waals surface area contributed by atoms with Crippen LogP contribution >= 0.6 is 0 Å². The molecule has 0 aliphatic carbocycles. The molecule has 0 saturated heterocycles. The molecule has 0 atom stereocenters. The average molecular weight is 284 g/mol. The quantitative estimate of drug-likeness (QED) is 0.678. The van der Waals surface area contributed by atoms with Gasteiger partial charge in [0.05, 0.1) is 23.7 Å². The van der Waals surface area contributed by atoms with Crippen molar-refractivity contribution >= 4 is 17.0 Å². The number of carbonyl (C=O) groups excluding carboxylic acids is 1. The van der Waals surface area contributed by atoms with Gasteiger partial charge in [-0.25, -0.2) is 14.2 Å². The highest BCUT2D eigenvalue weighted by molar-refractivity contribution is 5.94. The molecule has 4 nitrogen and oxygen atoms in total. The molecule has 0 unspecified atom stereocenters. The van der Waals surface area contributed by atoms with E-state index in [4.69, 9.17) is 4.74 Å². The Kier molecular flexibility index (Phi) is 3.17. The molecule has 21 heavy (non-hydrogen) atoms. The standard InChI is InChI=1S/C16H13FN2O2/c1-10-18-14-9-11(16(20)21-2)3-8-15(14)19(10)13-6-4-12(17)5-7-13/h3-9H,1-2H3. The number of carbonyl (C=O) groups is 1. The summed E-state index contributed by atoms with van der Waals surface area (Å²) >= 11 is 0. The molecular weight excluding hydrogens is 271 g/mol. The number of aromatic nitrogens is 2. The molecule has 0 aliphatic rings. The molecule has 3 aromatic rings. The summed E-state index contributed by atoms with van der Waals surface area (Å²) in [6.45, 7) is 1.86. The van der Waals surface area contributed by atoms with Crippen molar-refractivity contribution in [2.24, 2.45) is 0 Å². The lowest BCUT2D eigenvalue weighted by Crippen LogP contribution is -2.01. The number of ether oxygens (including phenoxy) is 1. The smallest absolute Gasteiger partial charge is 0.337 e. The summed E-state index contributed by atoms with van der Waals surface area (Å²) < 4.78 is 19.7. The zero-order chi connectivity index (χ0) is 15.0. The zero-order valence-corrected chi connectivity index (χ0v) is 11.6. The van der Waals surface area contributed by atoms with Crippen molar-refractivity contribution in [1.82, 2.24) is 9.55 Å². The second-order valence-corrected chi connectivity index (χ2v) is 4.67. The fourth-order valence-electron chi connectivity index (χ4n) is 2.36. The Morgan fingerprint density at radius 2 is 1.90 bits per heavy atom. The highest BCUT2D eigenvalue weighted by Gasteiger charge is 2.12. The van der Waals surface area contributed by atoms with Crippen LogP contribution in [0.2, 0.25) is 0 Å². The van der Waals surface area contributed by atoms with Gasteiger partial charge in [-0.15, -0.1) is 0 Å². The molecular formula is C16H13FN2O2. The normalized spacial score (nSPS) is 10.8. The van der Waals surface area contributed by atoms with Gasteiger partial charge in [-0.1, -0.05) is 0 Å². The number of imidazole rings is 1. The maximum Gasteiger partial charge on any atom is 0.337 e. The number of fused-ring (bicyclic) bond motifs is 1. The Morgan fingerprint density at radius 3 is 2.57 bits per heavy atom.